The summed E-state index contributed by atoms with van der Waals surface area (Å²) >= 11 is 12.3. The summed E-state index contributed by atoms with van der Waals surface area (Å²) < 4.78 is 6.85. The second-order valence-corrected chi connectivity index (χ2v) is 5.31. The van der Waals surface area contributed by atoms with Crippen molar-refractivity contribution in [2.75, 3.05) is 13.7 Å². The molecule has 108 valence electrons. The van der Waals surface area contributed by atoms with Crippen LogP contribution in [0.1, 0.15) is 17.3 Å². The molecule has 1 atom stereocenters. The number of methoxy groups -OCH3 is 1. The van der Waals surface area contributed by atoms with Crippen LogP contribution in [-0.4, -0.2) is 23.5 Å². The first-order valence-corrected chi connectivity index (χ1v) is 7.08. The normalized spacial score (nSPS) is 12.6. The highest BCUT2D eigenvalue weighted by Gasteiger charge is 2.18. The van der Waals surface area contributed by atoms with Gasteiger partial charge in [0.1, 0.15) is 0 Å². The van der Waals surface area contributed by atoms with Gasteiger partial charge in [0.05, 0.1) is 36.1 Å². The Balaban J connectivity index is 2.18. The number of hydrogen-bond donors (Lipinski definition) is 1. The average Bonchev–Trinajstić information content (AvgIpc) is 2.80. The fraction of sp³-hybridized carbons (Fsp3) is 0.357. The van der Waals surface area contributed by atoms with E-state index in [0.29, 0.717) is 29.6 Å². The van der Waals surface area contributed by atoms with Crippen LogP contribution in [-0.2, 0) is 17.7 Å². The van der Waals surface area contributed by atoms with E-state index in [4.69, 9.17) is 33.7 Å². The van der Waals surface area contributed by atoms with E-state index in [1.165, 1.54) is 0 Å². The number of benzene rings is 1. The van der Waals surface area contributed by atoms with E-state index < -0.39 is 0 Å². The summed E-state index contributed by atoms with van der Waals surface area (Å²) in [5, 5.41) is 5.51. The molecule has 20 heavy (non-hydrogen) atoms. The van der Waals surface area contributed by atoms with Crippen molar-refractivity contribution in [2.45, 2.75) is 19.0 Å². The van der Waals surface area contributed by atoms with Crippen LogP contribution in [0, 0.1) is 0 Å². The van der Waals surface area contributed by atoms with Crippen molar-refractivity contribution in [3.05, 3.63) is 51.8 Å². The van der Waals surface area contributed by atoms with Gasteiger partial charge in [-0.2, -0.15) is 5.10 Å². The molecule has 1 aromatic heterocycles. The Labute approximate surface area is 128 Å². The second-order valence-electron chi connectivity index (χ2n) is 4.50. The monoisotopic (exact) mass is 313 g/mol. The lowest BCUT2D eigenvalue weighted by molar-refractivity contribution is 0.182. The zero-order valence-electron chi connectivity index (χ0n) is 11.2. The topological polar surface area (TPSA) is 53.1 Å². The van der Waals surface area contributed by atoms with Gasteiger partial charge in [-0.25, -0.2) is 0 Å². The standard InChI is InChI=1S/C14H17Cl2N3O/c1-20-7-6-19-14(12(16)9-18-19)13(17)8-10-4-2-3-5-11(10)15/h2-5,9,13H,6-8,17H2,1H3. The van der Waals surface area contributed by atoms with Crippen LogP contribution in [0.2, 0.25) is 10.0 Å². The number of aromatic nitrogens is 2. The van der Waals surface area contributed by atoms with Gasteiger partial charge in [-0.15, -0.1) is 0 Å². The number of hydrogen-bond acceptors (Lipinski definition) is 3. The molecular weight excluding hydrogens is 297 g/mol. The predicted molar refractivity (Wildman–Crippen MR) is 81.2 cm³/mol. The first-order chi connectivity index (χ1) is 9.63. The minimum absolute atomic E-state index is 0.262. The van der Waals surface area contributed by atoms with E-state index >= 15 is 0 Å². The van der Waals surface area contributed by atoms with Crippen LogP contribution in [0.15, 0.2) is 30.5 Å². The molecule has 6 heteroatoms. The van der Waals surface area contributed by atoms with Gasteiger partial charge in [0.25, 0.3) is 0 Å². The molecule has 0 amide bonds. The van der Waals surface area contributed by atoms with Crippen molar-refractivity contribution in [1.29, 1.82) is 0 Å². The first-order valence-electron chi connectivity index (χ1n) is 6.32. The summed E-state index contributed by atoms with van der Waals surface area (Å²) in [4.78, 5) is 0. The molecule has 0 aliphatic rings. The summed E-state index contributed by atoms with van der Waals surface area (Å²) in [6, 6.07) is 7.39. The number of nitrogens with zero attached hydrogens (tertiary/aromatic N) is 2. The molecule has 2 aromatic rings. The third-order valence-electron chi connectivity index (χ3n) is 3.09. The minimum atomic E-state index is -0.262. The van der Waals surface area contributed by atoms with Gasteiger partial charge in [-0.05, 0) is 18.1 Å². The van der Waals surface area contributed by atoms with E-state index in [1.54, 1.807) is 18.0 Å². The zero-order chi connectivity index (χ0) is 14.5. The molecular formula is C14H17Cl2N3O. The van der Waals surface area contributed by atoms with Crippen LogP contribution >= 0.6 is 23.2 Å². The van der Waals surface area contributed by atoms with Crippen molar-refractivity contribution in [3.8, 4) is 0 Å². The minimum Gasteiger partial charge on any atom is -0.383 e. The smallest absolute Gasteiger partial charge is 0.0834 e. The third-order valence-corrected chi connectivity index (χ3v) is 3.75. The Morgan fingerprint density at radius 3 is 2.75 bits per heavy atom. The van der Waals surface area contributed by atoms with Gasteiger partial charge >= 0.3 is 0 Å². The number of halogens is 2. The van der Waals surface area contributed by atoms with Crippen molar-refractivity contribution in [2.24, 2.45) is 5.73 Å². The molecule has 0 bridgehead atoms. The SMILES string of the molecule is COCCn1ncc(Cl)c1C(N)Cc1ccccc1Cl. The van der Waals surface area contributed by atoms with Crippen molar-refractivity contribution >= 4 is 23.2 Å². The van der Waals surface area contributed by atoms with Gasteiger partial charge < -0.3 is 10.5 Å². The quantitative estimate of drug-likeness (QED) is 0.891. The van der Waals surface area contributed by atoms with E-state index in [1.807, 2.05) is 24.3 Å². The van der Waals surface area contributed by atoms with Crippen molar-refractivity contribution in [3.63, 3.8) is 0 Å². The summed E-state index contributed by atoms with van der Waals surface area (Å²) in [7, 11) is 1.65. The Hall–Kier alpha value is -1.07. The molecule has 4 nitrogen and oxygen atoms in total. The number of ether oxygens (including phenoxy) is 1. The van der Waals surface area contributed by atoms with Crippen LogP contribution < -0.4 is 5.73 Å². The van der Waals surface area contributed by atoms with E-state index in [0.717, 1.165) is 11.3 Å². The summed E-state index contributed by atoms with van der Waals surface area (Å²) in [6.07, 6.45) is 2.22. The molecule has 1 unspecified atom stereocenters. The van der Waals surface area contributed by atoms with Gasteiger partial charge in [0.15, 0.2) is 0 Å². The lowest BCUT2D eigenvalue weighted by Gasteiger charge is -2.15. The summed E-state index contributed by atoms with van der Waals surface area (Å²) in [5.41, 5.74) is 8.08. The maximum Gasteiger partial charge on any atom is 0.0834 e. The summed E-state index contributed by atoms with van der Waals surface area (Å²) in [6.45, 7) is 1.18. The Kier molecular flexibility index (Phi) is 5.43. The predicted octanol–water partition coefficient (Wildman–Crippen LogP) is 3.08. The zero-order valence-corrected chi connectivity index (χ0v) is 12.7. The van der Waals surface area contributed by atoms with Gasteiger partial charge in [0, 0.05) is 12.1 Å². The second kappa shape index (κ2) is 7.09. The molecule has 2 rings (SSSR count). The first kappa shape index (κ1) is 15.3. The molecule has 2 N–H and O–H groups in total. The highest BCUT2D eigenvalue weighted by Crippen LogP contribution is 2.26. The molecule has 1 aromatic carbocycles. The van der Waals surface area contributed by atoms with E-state index in [-0.39, 0.29) is 6.04 Å². The van der Waals surface area contributed by atoms with Gasteiger partial charge in [-0.3, -0.25) is 4.68 Å². The molecule has 0 saturated carbocycles. The molecule has 0 aliphatic heterocycles. The molecule has 0 radical (unpaired) electrons. The molecule has 0 spiro atoms. The average molecular weight is 314 g/mol. The highest BCUT2D eigenvalue weighted by molar-refractivity contribution is 6.31. The highest BCUT2D eigenvalue weighted by atomic mass is 35.5. The fourth-order valence-electron chi connectivity index (χ4n) is 2.09. The lowest BCUT2D eigenvalue weighted by Crippen LogP contribution is -2.20. The third kappa shape index (κ3) is 3.52. The molecule has 0 aliphatic carbocycles. The maximum atomic E-state index is 6.27. The van der Waals surface area contributed by atoms with Crippen molar-refractivity contribution in [1.82, 2.24) is 9.78 Å². The Bertz CT molecular complexity index is 571. The number of nitrogens with two attached hydrogens (primary N) is 1. The van der Waals surface area contributed by atoms with Crippen LogP contribution in [0.4, 0.5) is 0 Å². The molecule has 1 heterocycles. The van der Waals surface area contributed by atoms with Crippen LogP contribution in [0.5, 0.6) is 0 Å². The Morgan fingerprint density at radius 1 is 1.30 bits per heavy atom. The van der Waals surface area contributed by atoms with Crippen LogP contribution in [0.25, 0.3) is 0 Å². The van der Waals surface area contributed by atoms with Crippen LogP contribution in [0.3, 0.4) is 0 Å². The fourth-order valence-corrected chi connectivity index (χ4v) is 2.59. The lowest BCUT2D eigenvalue weighted by atomic mass is 10.0. The maximum absolute atomic E-state index is 6.27. The van der Waals surface area contributed by atoms with E-state index in [9.17, 15) is 0 Å². The Morgan fingerprint density at radius 2 is 2.05 bits per heavy atom. The van der Waals surface area contributed by atoms with Crippen molar-refractivity contribution < 1.29 is 4.74 Å². The number of rotatable bonds is 6. The summed E-state index contributed by atoms with van der Waals surface area (Å²) in [5.74, 6) is 0. The molecule has 0 saturated heterocycles. The van der Waals surface area contributed by atoms with E-state index in [2.05, 4.69) is 5.10 Å². The van der Waals surface area contributed by atoms with Gasteiger partial charge in [0.2, 0.25) is 0 Å². The van der Waals surface area contributed by atoms with Gasteiger partial charge in [-0.1, -0.05) is 41.4 Å². The molecule has 0 fully saturated rings. The largest absolute Gasteiger partial charge is 0.383 e.